The van der Waals surface area contributed by atoms with Crippen molar-refractivity contribution in [1.82, 2.24) is 19.9 Å². The first-order valence-corrected chi connectivity index (χ1v) is 10.2. The zero-order valence-electron chi connectivity index (χ0n) is 16.2. The summed E-state index contributed by atoms with van der Waals surface area (Å²) in [6, 6.07) is 20.1. The summed E-state index contributed by atoms with van der Waals surface area (Å²) in [5.74, 6) is -0.0805. The molecule has 148 valence electrons. The van der Waals surface area contributed by atoms with Crippen molar-refractivity contribution in [1.29, 1.82) is 0 Å². The summed E-state index contributed by atoms with van der Waals surface area (Å²) in [6.45, 7) is 0.0869. The number of amides is 1. The number of benzene rings is 2. The Bertz CT molecular complexity index is 1000. The van der Waals surface area contributed by atoms with Crippen LogP contribution in [0.25, 0.3) is 5.69 Å². The first-order chi connectivity index (χ1) is 14.2. The number of para-hydroxylation sites is 1. The summed E-state index contributed by atoms with van der Waals surface area (Å²) >= 11 is 0. The summed E-state index contributed by atoms with van der Waals surface area (Å²) in [7, 11) is 0. The lowest BCUT2D eigenvalue weighted by molar-refractivity contribution is 0.0566. The molecule has 3 atom stereocenters. The molecule has 2 aliphatic heterocycles. The number of hydrogen-bond donors (Lipinski definition) is 1. The van der Waals surface area contributed by atoms with Crippen LogP contribution in [0.5, 0.6) is 0 Å². The number of hydrogen-bond acceptors (Lipinski definition) is 4. The number of carbonyl (C=O) groups excluding carboxylic acids is 1. The topological polar surface area (TPSA) is 71.2 Å². The van der Waals surface area contributed by atoms with E-state index in [1.54, 1.807) is 10.9 Å². The van der Waals surface area contributed by atoms with Crippen LogP contribution >= 0.6 is 0 Å². The highest BCUT2D eigenvalue weighted by molar-refractivity contribution is 5.93. The number of aliphatic hydroxyl groups is 1. The molecular formula is C23H24N4O2. The van der Waals surface area contributed by atoms with Gasteiger partial charge in [0, 0.05) is 17.5 Å². The Kier molecular flexibility index (Phi) is 4.43. The lowest BCUT2D eigenvalue weighted by Gasteiger charge is -2.36. The molecule has 3 aromatic rings. The first kappa shape index (κ1) is 18.1. The molecule has 0 spiro atoms. The molecule has 2 saturated heterocycles. The molecule has 0 saturated carbocycles. The number of fused-ring (bicyclic) bond motifs is 2. The number of aliphatic hydroxyl groups excluding tert-OH is 1. The van der Waals surface area contributed by atoms with E-state index in [1.807, 2.05) is 53.4 Å². The van der Waals surface area contributed by atoms with Crippen LogP contribution in [0.15, 0.2) is 66.9 Å². The molecule has 2 fully saturated rings. The number of rotatable bonds is 5. The average molecular weight is 388 g/mol. The van der Waals surface area contributed by atoms with Gasteiger partial charge in [0.15, 0.2) is 5.69 Å². The van der Waals surface area contributed by atoms with Crippen molar-refractivity contribution in [2.24, 2.45) is 5.41 Å². The van der Waals surface area contributed by atoms with Gasteiger partial charge in [0.25, 0.3) is 5.91 Å². The predicted molar refractivity (Wildman–Crippen MR) is 109 cm³/mol. The molecule has 29 heavy (non-hydrogen) atoms. The fourth-order valence-corrected chi connectivity index (χ4v) is 5.22. The van der Waals surface area contributed by atoms with Crippen molar-refractivity contribution >= 4 is 5.91 Å². The van der Waals surface area contributed by atoms with E-state index >= 15 is 0 Å². The van der Waals surface area contributed by atoms with Crippen LogP contribution in [0.1, 0.15) is 35.3 Å². The standard InChI is InChI=1S/C23H24N4O2/c28-16-23(13-17-7-3-1-4-8-17)14-19-11-12-21(23)27(19)22(29)20-15-26(25-24-20)18-9-5-2-6-10-18/h1-10,15,19,21,28H,11-14,16H2/t19-,21+,23-/m1/s1. The van der Waals surface area contributed by atoms with Crippen molar-refractivity contribution in [2.45, 2.75) is 37.8 Å². The van der Waals surface area contributed by atoms with Gasteiger partial charge in [-0.15, -0.1) is 5.10 Å². The normalized spacial score (nSPS) is 25.5. The van der Waals surface area contributed by atoms with Gasteiger partial charge in [-0.25, -0.2) is 4.68 Å². The van der Waals surface area contributed by atoms with Crippen molar-refractivity contribution in [3.8, 4) is 5.69 Å². The highest BCUT2D eigenvalue weighted by atomic mass is 16.3. The third kappa shape index (κ3) is 3.04. The maximum absolute atomic E-state index is 13.3. The van der Waals surface area contributed by atoms with E-state index in [0.717, 1.165) is 31.4 Å². The summed E-state index contributed by atoms with van der Waals surface area (Å²) in [5, 5.41) is 18.6. The second kappa shape index (κ2) is 7.12. The van der Waals surface area contributed by atoms with Gasteiger partial charge in [-0.3, -0.25) is 4.79 Å². The molecule has 0 aliphatic carbocycles. The van der Waals surface area contributed by atoms with Gasteiger partial charge in [0.2, 0.25) is 0 Å². The lowest BCUT2D eigenvalue weighted by atomic mass is 9.70. The van der Waals surface area contributed by atoms with E-state index in [-0.39, 0.29) is 30.0 Å². The van der Waals surface area contributed by atoms with Gasteiger partial charge in [0.05, 0.1) is 18.5 Å². The quantitative estimate of drug-likeness (QED) is 0.730. The molecule has 2 aromatic carbocycles. The van der Waals surface area contributed by atoms with Gasteiger partial charge in [-0.2, -0.15) is 0 Å². The Labute approximate surface area is 169 Å². The van der Waals surface area contributed by atoms with Gasteiger partial charge < -0.3 is 10.0 Å². The minimum atomic E-state index is -0.282. The van der Waals surface area contributed by atoms with Crippen LogP contribution in [0.3, 0.4) is 0 Å². The number of aromatic nitrogens is 3. The van der Waals surface area contributed by atoms with Crippen LogP contribution < -0.4 is 0 Å². The molecule has 2 aliphatic rings. The maximum atomic E-state index is 13.3. The SMILES string of the molecule is O=C(c1cn(-c2ccccc2)nn1)N1[C@@H]2CC[C@H]1[C@](CO)(Cc1ccccc1)C2. The molecule has 1 aromatic heterocycles. The molecule has 0 radical (unpaired) electrons. The van der Waals surface area contributed by atoms with Gasteiger partial charge >= 0.3 is 0 Å². The Hall–Kier alpha value is -2.99. The van der Waals surface area contributed by atoms with Crippen molar-refractivity contribution in [3.05, 3.63) is 78.1 Å². The highest BCUT2D eigenvalue weighted by Gasteiger charge is 2.57. The van der Waals surface area contributed by atoms with E-state index in [1.165, 1.54) is 5.56 Å². The van der Waals surface area contributed by atoms with Crippen LogP contribution in [0.2, 0.25) is 0 Å². The second-order valence-corrected chi connectivity index (χ2v) is 8.23. The molecule has 3 heterocycles. The van der Waals surface area contributed by atoms with Gasteiger partial charge in [-0.1, -0.05) is 53.7 Å². The fourth-order valence-electron chi connectivity index (χ4n) is 5.22. The summed E-state index contributed by atoms with van der Waals surface area (Å²) in [4.78, 5) is 15.3. The third-order valence-corrected chi connectivity index (χ3v) is 6.53. The molecule has 6 nitrogen and oxygen atoms in total. The molecule has 1 N–H and O–H groups in total. The Morgan fingerprint density at radius 2 is 1.79 bits per heavy atom. The zero-order chi connectivity index (χ0) is 19.8. The Balaban J connectivity index is 1.40. The van der Waals surface area contributed by atoms with Crippen molar-refractivity contribution < 1.29 is 9.90 Å². The van der Waals surface area contributed by atoms with E-state index in [0.29, 0.717) is 5.69 Å². The van der Waals surface area contributed by atoms with E-state index < -0.39 is 0 Å². The third-order valence-electron chi connectivity index (χ3n) is 6.53. The van der Waals surface area contributed by atoms with E-state index in [2.05, 4.69) is 22.4 Å². The zero-order valence-corrected chi connectivity index (χ0v) is 16.2. The minimum absolute atomic E-state index is 0.0343. The second-order valence-electron chi connectivity index (χ2n) is 8.23. The predicted octanol–water partition coefficient (Wildman–Crippen LogP) is 2.87. The molecule has 6 heteroatoms. The fraction of sp³-hybridized carbons (Fsp3) is 0.348. The van der Waals surface area contributed by atoms with Gasteiger partial charge in [-0.05, 0) is 43.4 Å². The average Bonchev–Trinajstić information content (AvgIpc) is 3.49. The number of carbonyl (C=O) groups is 1. The maximum Gasteiger partial charge on any atom is 0.276 e. The molecule has 1 amide bonds. The summed E-state index contributed by atoms with van der Waals surface area (Å²) in [5.41, 5.74) is 2.16. The molecule has 5 rings (SSSR count). The highest BCUT2D eigenvalue weighted by Crippen LogP contribution is 2.51. The Morgan fingerprint density at radius 3 is 2.52 bits per heavy atom. The van der Waals surface area contributed by atoms with E-state index in [4.69, 9.17) is 0 Å². The van der Waals surface area contributed by atoms with Crippen LogP contribution in [-0.2, 0) is 6.42 Å². The Morgan fingerprint density at radius 1 is 1.07 bits per heavy atom. The summed E-state index contributed by atoms with van der Waals surface area (Å²) in [6.07, 6.45) is 5.23. The van der Waals surface area contributed by atoms with Crippen molar-refractivity contribution in [2.75, 3.05) is 6.61 Å². The molecule has 0 unspecified atom stereocenters. The van der Waals surface area contributed by atoms with Crippen molar-refractivity contribution in [3.63, 3.8) is 0 Å². The minimum Gasteiger partial charge on any atom is -0.396 e. The lowest BCUT2D eigenvalue weighted by Crippen LogP contribution is -2.44. The first-order valence-electron chi connectivity index (χ1n) is 10.2. The monoisotopic (exact) mass is 388 g/mol. The van der Waals surface area contributed by atoms with Gasteiger partial charge in [0.1, 0.15) is 0 Å². The largest absolute Gasteiger partial charge is 0.396 e. The molecule has 2 bridgehead atoms. The van der Waals surface area contributed by atoms with Crippen LogP contribution in [0, 0.1) is 5.41 Å². The smallest absolute Gasteiger partial charge is 0.276 e. The molecular weight excluding hydrogens is 364 g/mol. The van der Waals surface area contributed by atoms with E-state index in [9.17, 15) is 9.90 Å². The summed E-state index contributed by atoms with van der Waals surface area (Å²) < 4.78 is 1.63. The van der Waals surface area contributed by atoms with Crippen LogP contribution in [0.4, 0.5) is 0 Å². The van der Waals surface area contributed by atoms with Crippen LogP contribution in [-0.4, -0.2) is 49.6 Å². The number of nitrogens with zero attached hydrogens (tertiary/aromatic N) is 4.